The molecule has 2 aliphatic carbocycles. The van der Waals surface area contributed by atoms with Gasteiger partial charge in [-0.1, -0.05) is 0 Å². The number of hydrogen-bond acceptors (Lipinski definition) is 0. The fraction of sp³-hybridized carbons (Fsp3) is 0.484. The molecule has 2 unspecified atom stereocenters. The Bertz CT molecular complexity index is 1060. The van der Waals surface area contributed by atoms with E-state index in [-0.39, 0.29) is 0 Å². The van der Waals surface area contributed by atoms with E-state index in [0.29, 0.717) is 6.22 Å². The number of benzene rings is 2. The molecule has 2 aromatic rings. The van der Waals surface area contributed by atoms with E-state index in [4.69, 9.17) is 0 Å². The molecule has 2 atom stereocenters. The molecule has 0 fully saturated rings. The van der Waals surface area contributed by atoms with Gasteiger partial charge in [-0.2, -0.15) is 0 Å². The summed E-state index contributed by atoms with van der Waals surface area (Å²) in [5, 5.41) is 0. The molecule has 2 aliphatic rings. The fourth-order valence-electron chi connectivity index (χ4n) is 6.36. The molecule has 2 heteroatoms. The van der Waals surface area contributed by atoms with Gasteiger partial charge in [-0.05, 0) is 0 Å². The maximum atomic E-state index is 2.62. The van der Waals surface area contributed by atoms with E-state index in [1.165, 1.54) is 25.3 Å². The Kier molecular flexibility index (Phi) is 8.17. The van der Waals surface area contributed by atoms with Crippen LogP contribution >= 0.6 is 0 Å². The van der Waals surface area contributed by atoms with Crippen molar-refractivity contribution in [3.63, 3.8) is 0 Å². The summed E-state index contributed by atoms with van der Waals surface area (Å²) in [6, 6.07) is 11.3. The zero-order valence-corrected chi connectivity index (χ0v) is 26.7. The number of hydrogen-bond donors (Lipinski definition) is 0. The van der Waals surface area contributed by atoms with Gasteiger partial charge in [-0.15, -0.1) is 0 Å². The summed E-state index contributed by atoms with van der Waals surface area (Å²) in [4.78, 5) is 0. The molecule has 174 valence electrons. The van der Waals surface area contributed by atoms with E-state index < -0.39 is 20.1 Å². The van der Waals surface area contributed by atoms with Crippen molar-refractivity contribution in [1.29, 1.82) is 0 Å². The summed E-state index contributed by atoms with van der Waals surface area (Å²) in [7, 11) is 0. The molecule has 0 N–H and O–H groups in total. The van der Waals surface area contributed by atoms with Crippen LogP contribution in [0.15, 0.2) is 35.4 Å². The van der Waals surface area contributed by atoms with Gasteiger partial charge in [0, 0.05) is 0 Å². The van der Waals surface area contributed by atoms with Crippen molar-refractivity contribution in [3.8, 4) is 0 Å². The summed E-state index contributed by atoms with van der Waals surface area (Å²) >= 11 is -2.14. The van der Waals surface area contributed by atoms with Gasteiger partial charge in [0.2, 0.25) is 0 Å². The van der Waals surface area contributed by atoms with E-state index in [2.05, 4.69) is 84.9 Å². The molecule has 2 aromatic carbocycles. The van der Waals surface area contributed by atoms with Gasteiger partial charge in [-0.25, -0.2) is 0 Å². The Hall–Kier alpha value is -0.993. The predicted octanol–water partition coefficient (Wildman–Crippen LogP) is 8.35. The molecule has 0 nitrogen and oxygen atoms in total. The first-order valence-corrected chi connectivity index (χ1v) is 25.1. The van der Waals surface area contributed by atoms with E-state index in [0.717, 1.165) is 20.2 Å². The molecule has 0 aliphatic heterocycles. The van der Waals surface area contributed by atoms with Crippen molar-refractivity contribution < 1.29 is 20.1 Å². The molecule has 0 amide bonds. The molecular weight excluding hydrogens is 579 g/mol. The van der Waals surface area contributed by atoms with Crippen molar-refractivity contribution in [2.75, 3.05) is 0 Å². The molecule has 0 saturated carbocycles. The van der Waals surface area contributed by atoms with Crippen molar-refractivity contribution in [1.82, 2.24) is 0 Å². The summed E-state index contributed by atoms with van der Waals surface area (Å²) in [5.74, 6) is 0. The first-order chi connectivity index (χ1) is 16.0. The van der Waals surface area contributed by atoms with Crippen molar-refractivity contribution in [3.05, 3.63) is 79.9 Å². The van der Waals surface area contributed by atoms with Gasteiger partial charge in [0.1, 0.15) is 0 Å². The fourth-order valence-corrected chi connectivity index (χ4v) is 36.7. The van der Waals surface area contributed by atoms with Crippen LogP contribution in [0, 0.1) is 0 Å². The first kappa shape index (κ1) is 25.1. The number of aryl methyl sites for hydroxylation is 4. The second-order valence-electron chi connectivity index (χ2n) is 9.97. The molecule has 0 aromatic heterocycles. The van der Waals surface area contributed by atoms with E-state index in [1.54, 1.807) is 55.7 Å². The van der Waals surface area contributed by atoms with Crippen molar-refractivity contribution in [2.45, 2.75) is 94.0 Å². The van der Waals surface area contributed by atoms with E-state index in [9.17, 15) is 0 Å². The van der Waals surface area contributed by atoms with Crippen LogP contribution in [0.25, 0.3) is 12.2 Å². The number of rotatable bonds is 8. The van der Waals surface area contributed by atoms with Crippen molar-refractivity contribution >= 4 is 18.4 Å². The monoisotopic (exact) mass is 622 g/mol. The average molecular weight is 621 g/mol. The molecule has 33 heavy (non-hydrogen) atoms. The second-order valence-corrected chi connectivity index (χ2v) is 28.6. The summed E-state index contributed by atoms with van der Waals surface area (Å²) in [6.07, 6.45) is 11.8. The van der Waals surface area contributed by atoms with Crippen LogP contribution in [0.2, 0.25) is 6.04 Å². The van der Waals surface area contributed by atoms with E-state index >= 15 is 0 Å². The van der Waals surface area contributed by atoms with Crippen LogP contribution in [0.3, 0.4) is 0 Å². The quantitative estimate of drug-likeness (QED) is 0.260. The average Bonchev–Trinajstić information content (AvgIpc) is 3.35. The van der Waals surface area contributed by atoms with Crippen molar-refractivity contribution in [2.24, 2.45) is 0 Å². The predicted molar refractivity (Wildman–Crippen MR) is 145 cm³/mol. The van der Waals surface area contributed by atoms with Gasteiger partial charge in [0.05, 0.1) is 0 Å². The van der Waals surface area contributed by atoms with Crippen LogP contribution < -0.4 is 0 Å². The third kappa shape index (κ3) is 4.40. The summed E-state index contributed by atoms with van der Waals surface area (Å²) < 4.78 is 1.59. The van der Waals surface area contributed by atoms with Gasteiger partial charge in [0.15, 0.2) is 0 Å². The molecule has 0 radical (unpaired) electrons. The number of fused-ring (bicyclic) bond motifs is 2. The van der Waals surface area contributed by atoms with Crippen LogP contribution in [-0.2, 0) is 45.7 Å². The Morgan fingerprint density at radius 3 is 1.39 bits per heavy atom. The molecule has 0 saturated heterocycles. The normalized spacial score (nSPS) is 18.6. The molecule has 0 spiro atoms. The topological polar surface area (TPSA) is 0 Å². The Balaban J connectivity index is 1.95. The van der Waals surface area contributed by atoms with Crippen LogP contribution in [0.4, 0.5) is 0 Å². The maximum absolute atomic E-state index is 2.62. The minimum atomic E-state index is -2.14. The van der Waals surface area contributed by atoms with Crippen LogP contribution in [-0.4, -0.2) is 6.22 Å². The van der Waals surface area contributed by atoms with Crippen LogP contribution in [0.5, 0.6) is 0 Å². The molecule has 0 bridgehead atoms. The van der Waals surface area contributed by atoms with Gasteiger partial charge in [0.25, 0.3) is 0 Å². The van der Waals surface area contributed by atoms with Gasteiger partial charge in [-0.3, -0.25) is 0 Å². The van der Waals surface area contributed by atoms with Gasteiger partial charge >= 0.3 is 212 Å². The Morgan fingerprint density at radius 1 is 0.636 bits per heavy atom. The van der Waals surface area contributed by atoms with Crippen LogP contribution in [0.1, 0.15) is 107 Å². The number of allylic oxidation sites excluding steroid dienone is 2. The second kappa shape index (κ2) is 10.7. The Labute approximate surface area is 211 Å². The molecule has 4 rings (SSSR count). The standard InChI is InChI=1S/2C14H17.C3H8Si.Hf/c2*1-4-11-6-7-12(5-2)14-9-10(3)8-13(11)14;1-2-3-4;/h2*6-9H,4-5H2,1-3H3;4H,2-3H2,1H3;. The SMILES string of the molecule is CCC[SiH]=[Hf]([CH]1C(C)=Cc2c(CC)ccc(CC)c21)[CH]1C(C)=Cc2c(CC)ccc(CC)c21. The third-order valence-corrected chi connectivity index (χ3v) is 33.1. The first-order valence-electron chi connectivity index (χ1n) is 13.4. The Morgan fingerprint density at radius 2 is 1.03 bits per heavy atom. The summed E-state index contributed by atoms with van der Waals surface area (Å²) in [5.41, 5.74) is 16.6. The molecule has 0 heterocycles. The minimum absolute atomic E-state index is 0.590. The van der Waals surface area contributed by atoms with E-state index in [1.807, 2.05) is 0 Å². The third-order valence-electron chi connectivity index (χ3n) is 8.03. The zero-order valence-electron chi connectivity index (χ0n) is 21.9. The zero-order chi connectivity index (χ0) is 23.7. The summed E-state index contributed by atoms with van der Waals surface area (Å²) in [6.45, 7) is 16.8. The van der Waals surface area contributed by atoms with Gasteiger partial charge < -0.3 is 0 Å². The molecular formula is C31H42HfSi.